The van der Waals surface area contributed by atoms with E-state index in [1.165, 1.54) is 0 Å². The molecule has 4 nitrogen and oxygen atoms in total. The van der Waals surface area contributed by atoms with Crippen molar-refractivity contribution in [2.75, 3.05) is 19.0 Å². The van der Waals surface area contributed by atoms with Gasteiger partial charge in [-0.3, -0.25) is 0 Å². The Balaban J connectivity index is 2.40. The second-order valence-corrected chi connectivity index (χ2v) is 6.52. The highest BCUT2D eigenvalue weighted by Crippen LogP contribution is 2.44. The first-order chi connectivity index (χ1) is 10.2. The van der Waals surface area contributed by atoms with Crippen molar-refractivity contribution in [1.29, 1.82) is 0 Å². The van der Waals surface area contributed by atoms with Crippen LogP contribution in [-0.4, -0.2) is 30.9 Å². The van der Waals surface area contributed by atoms with Crippen molar-refractivity contribution in [2.45, 2.75) is 13.8 Å². The number of hydrogen-bond donors (Lipinski definition) is 0. The Morgan fingerprint density at radius 1 is 1.14 bits per heavy atom. The second kappa shape index (κ2) is 7.56. The maximum absolute atomic E-state index is 12.1. The van der Waals surface area contributed by atoms with Gasteiger partial charge >= 0.3 is 11.9 Å². The fourth-order valence-corrected chi connectivity index (χ4v) is 4.09. The molecule has 0 amide bonds. The van der Waals surface area contributed by atoms with Crippen molar-refractivity contribution in [3.63, 3.8) is 0 Å². The molecule has 0 radical (unpaired) electrons. The Hall–Kier alpha value is -1.40. The molecule has 0 spiro atoms. The van der Waals surface area contributed by atoms with Gasteiger partial charge in [0.2, 0.25) is 0 Å². The second-order valence-electron chi connectivity index (χ2n) is 4.14. The largest absolute Gasteiger partial charge is 0.462 e. The third-order valence-corrected chi connectivity index (χ3v) is 5.06. The number of ether oxygens (including phenoxy) is 2. The van der Waals surface area contributed by atoms with Gasteiger partial charge in [-0.25, -0.2) is 9.59 Å². The van der Waals surface area contributed by atoms with E-state index < -0.39 is 11.9 Å². The number of esters is 2. The minimum Gasteiger partial charge on any atom is -0.462 e. The van der Waals surface area contributed by atoms with Gasteiger partial charge in [0.25, 0.3) is 0 Å². The first kappa shape index (κ1) is 16.0. The van der Waals surface area contributed by atoms with Crippen LogP contribution in [0.2, 0.25) is 0 Å². The van der Waals surface area contributed by atoms with E-state index in [0.29, 0.717) is 24.3 Å². The lowest BCUT2D eigenvalue weighted by atomic mass is 10.0. The molecular formula is C15H16O4S2. The summed E-state index contributed by atoms with van der Waals surface area (Å²) in [5.74, 6) is 0.0519. The van der Waals surface area contributed by atoms with Crippen molar-refractivity contribution in [1.82, 2.24) is 0 Å². The molecule has 0 saturated heterocycles. The average molecular weight is 324 g/mol. The van der Waals surface area contributed by atoms with Crippen LogP contribution in [0.5, 0.6) is 0 Å². The SMILES string of the molecule is CCOC(=O)c1ccc(C2=CCSS2)c(C(=O)OCC)c1. The van der Waals surface area contributed by atoms with Crippen LogP contribution < -0.4 is 0 Å². The molecule has 0 saturated carbocycles. The van der Waals surface area contributed by atoms with Crippen molar-refractivity contribution in [3.8, 4) is 0 Å². The molecule has 1 aliphatic heterocycles. The predicted octanol–water partition coefficient (Wildman–Crippen LogP) is 3.78. The zero-order valence-corrected chi connectivity index (χ0v) is 13.5. The van der Waals surface area contributed by atoms with Gasteiger partial charge in [0.05, 0.1) is 24.3 Å². The fourth-order valence-electron chi connectivity index (χ4n) is 1.87. The topological polar surface area (TPSA) is 52.6 Å². The third kappa shape index (κ3) is 3.83. The van der Waals surface area contributed by atoms with Crippen LogP contribution >= 0.6 is 21.6 Å². The summed E-state index contributed by atoms with van der Waals surface area (Å²) in [5.41, 5.74) is 1.57. The van der Waals surface area contributed by atoms with Gasteiger partial charge in [-0.05, 0) is 26.0 Å². The van der Waals surface area contributed by atoms with E-state index in [2.05, 4.69) is 6.08 Å². The number of benzene rings is 1. The molecule has 2 rings (SSSR count). The van der Waals surface area contributed by atoms with E-state index in [4.69, 9.17) is 9.47 Å². The zero-order chi connectivity index (χ0) is 15.2. The van der Waals surface area contributed by atoms with E-state index in [1.807, 2.05) is 0 Å². The molecule has 112 valence electrons. The predicted molar refractivity (Wildman–Crippen MR) is 86.4 cm³/mol. The Morgan fingerprint density at radius 2 is 1.86 bits per heavy atom. The molecule has 0 N–H and O–H groups in total. The van der Waals surface area contributed by atoms with Gasteiger partial charge in [0.1, 0.15) is 0 Å². The van der Waals surface area contributed by atoms with E-state index >= 15 is 0 Å². The van der Waals surface area contributed by atoms with E-state index in [9.17, 15) is 9.59 Å². The summed E-state index contributed by atoms with van der Waals surface area (Å²) < 4.78 is 10.1. The van der Waals surface area contributed by atoms with Crippen LogP contribution in [0.3, 0.4) is 0 Å². The van der Waals surface area contributed by atoms with Crippen LogP contribution in [0.4, 0.5) is 0 Å². The molecule has 21 heavy (non-hydrogen) atoms. The highest BCUT2D eigenvalue weighted by molar-refractivity contribution is 8.80. The van der Waals surface area contributed by atoms with Gasteiger partial charge in [0, 0.05) is 16.2 Å². The quantitative estimate of drug-likeness (QED) is 0.607. The molecule has 0 aliphatic carbocycles. The van der Waals surface area contributed by atoms with Crippen molar-refractivity contribution < 1.29 is 19.1 Å². The third-order valence-electron chi connectivity index (χ3n) is 2.78. The summed E-state index contributed by atoms with van der Waals surface area (Å²) >= 11 is 0. The summed E-state index contributed by atoms with van der Waals surface area (Å²) in [5, 5.41) is 0. The molecule has 0 aromatic heterocycles. The number of hydrogen-bond acceptors (Lipinski definition) is 6. The van der Waals surface area contributed by atoms with E-state index in [0.717, 1.165) is 16.2 Å². The normalized spacial score (nSPS) is 13.7. The molecule has 0 fully saturated rings. The first-order valence-corrected chi connectivity index (χ1v) is 8.97. The van der Waals surface area contributed by atoms with Crippen molar-refractivity contribution in [2.24, 2.45) is 0 Å². The zero-order valence-electron chi connectivity index (χ0n) is 11.9. The molecule has 0 bridgehead atoms. The summed E-state index contributed by atoms with van der Waals surface area (Å²) in [6.07, 6.45) is 2.07. The molecule has 0 atom stereocenters. The molecule has 0 unspecified atom stereocenters. The standard InChI is InChI=1S/C15H16O4S2/c1-3-18-14(16)10-5-6-11(13-7-8-20-21-13)12(9-10)15(17)19-4-2/h5-7,9H,3-4,8H2,1-2H3. The minimum atomic E-state index is -0.433. The van der Waals surface area contributed by atoms with Gasteiger partial charge in [0.15, 0.2) is 0 Å². The van der Waals surface area contributed by atoms with E-state index in [1.54, 1.807) is 53.6 Å². The van der Waals surface area contributed by atoms with Crippen LogP contribution in [0.1, 0.15) is 40.1 Å². The number of rotatable bonds is 5. The Morgan fingerprint density at radius 3 is 2.48 bits per heavy atom. The molecular weight excluding hydrogens is 308 g/mol. The fraction of sp³-hybridized carbons (Fsp3) is 0.333. The maximum Gasteiger partial charge on any atom is 0.338 e. The average Bonchev–Trinajstić information content (AvgIpc) is 3.01. The molecule has 1 aromatic rings. The Bertz CT molecular complexity index is 581. The van der Waals surface area contributed by atoms with Crippen LogP contribution in [-0.2, 0) is 9.47 Å². The molecule has 6 heteroatoms. The highest BCUT2D eigenvalue weighted by atomic mass is 33.1. The van der Waals surface area contributed by atoms with Crippen LogP contribution in [0.15, 0.2) is 24.3 Å². The van der Waals surface area contributed by atoms with Crippen LogP contribution in [0, 0.1) is 0 Å². The summed E-state index contributed by atoms with van der Waals surface area (Å²) in [6, 6.07) is 5.01. The monoisotopic (exact) mass is 324 g/mol. The molecule has 1 aromatic carbocycles. The van der Waals surface area contributed by atoms with Gasteiger partial charge in [-0.2, -0.15) is 0 Å². The van der Waals surface area contributed by atoms with Crippen molar-refractivity contribution in [3.05, 3.63) is 41.0 Å². The first-order valence-electron chi connectivity index (χ1n) is 6.65. The lowest BCUT2D eigenvalue weighted by molar-refractivity contribution is 0.0525. The van der Waals surface area contributed by atoms with Crippen molar-refractivity contribution >= 4 is 38.4 Å². The molecule has 1 aliphatic rings. The maximum atomic E-state index is 12.1. The van der Waals surface area contributed by atoms with E-state index in [-0.39, 0.29) is 0 Å². The summed E-state index contributed by atoms with van der Waals surface area (Å²) in [4.78, 5) is 25.0. The van der Waals surface area contributed by atoms with Gasteiger partial charge < -0.3 is 9.47 Å². The molecule has 1 heterocycles. The van der Waals surface area contributed by atoms with Gasteiger partial charge in [-0.15, -0.1) is 0 Å². The number of carbonyl (C=O) groups is 2. The highest BCUT2D eigenvalue weighted by Gasteiger charge is 2.20. The van der Waals surface area contributed by atoms with Crippen LogP contribution in [0.25, 0.3) is 4.91 Å². The van der Waals surface area contributed by atoms with Gasteiger partial charge in [-0.1, -0.05) is 33.7 Å². The Kier molecular flexibility index (Phi) is 5.76. The Labute approximate surface area is 131 Å². The smallest absolute Gasteiger partial charge is 0.338 e. The lowest BCUT2D eigenvalue weighted by Gasteiger charge is -2.11. The lowest BCUT2D eigenvalue weighted by Crippen LogP contribution is -2.11. The minimum absolute atomic E-state index is 0.294. The number of carbonyl (C=O) groups excluding carboxylic acids is 2. The summed E-state index contributed by atoms with van der Waals surface area (Å²) in [6.45, 7) is 4.09. The summed E-state index contributed by atoms with van der Waals surface area (Å²) in [7, 11) is 3.33.